The number of benzene rings is 1. The van der Waals surface area contributed by atoms with Crippen LogP contribution in [0.3, 0.4) is 0 Å². The van der Waals surface area contributed by atoms with Crippen molar-refractivity contribution in [3.63, 3.8) is 0 Å². The number of nitrogens with one attached hydrogen (secondary N) is 1. The number of hydrogen-bond acceptors (Lipinski definition) is 3. The lowest BCUT2D eigenvalue weighted by Crippen LogP contribution is -2.25. The Morgan fingerprint density at radius 3 is 2.71 bits per heavy atom. The van der Waals surface area contributed by atoms with Gasteiger partial charge in [0.15, 0.2) is 0 Å². The molecule has 21 heavy (non-hydrogen) atoms. The van der Waals surface area contributed by atoms with E-state index < -0.39 is 0 Å². The summed E-state index contributed by atoms with van der Waals surface area (Å²) >= 11 is 0. The molecule has 0 aliphatic heterocycles. The zero-order valence-electron chi connectivity index (χ0n) is 13.4. The van der Waals surface area contributed by atoms with E-state index in [9.17, 15) is 0 Å². The molecule has 0 radical (unpaired) electrons. The molecule has 2 rings (SSSR count). The summed E-state index contributed by atoms with van der Waals surface area (Å²) in [6, 6.07) is 8.50. The molecular formula is C18H29NO2. The van der Waals surface area contributed by atoms with Crippen molar-refractivity contribution in [2.75, 3.05) is 20.3 Å². The van der Waals surface area contributed by atoms with E-state index in [0.717, 1.165) is 31.4 Å². The molecule has 1 aromatic rings. The fraction of sp³-hybridized carbons (Fsp3) is 0.667. The predicted molar refractivity (Wildman–Crippen MR) is 86.7 cm³/mol. The topological polar surface area (TPSA) is 30.5 Å². The standard InChI is InChI=1S/C18H29NO2/c1-3-15-5-4-6-18(13-15)21-17-9-7-16(8-10-17)14-19-11-12-20-2/h7-10,15,18-19H,3-6,11-14H2,1-2H3. The van der Waals surface area contributed by atoms with Gasteiger partial charge < -0.3 is 14.8 Å². The van der Waals surface area contributed by atoms with Crippen molar-refractivity contribution in [2.45, 2.75) is 51.7 Å². The Hall–Kier alpha value is -1.06. The first kappa shape index (κ1) is 16.3. The van der Waals surface area contributed by atoms with E-state index in [1.807, 2.05) is 0 Å². The van der Waals surface area contributed by atoms with Gasteiger partial charge in [-0.2, -0.15) is 0 Å². The first-order valence-corrected chi connectivity index (χ1v) is 8.27. The SMILES string of the molecule is CCC1CCCC(Oc2ccc(CNCCOC)cc2)C1. The minimum Gasteiger partial charge on any atom is -0.490 e. The second-order valence-corrected chi connectivity index (χ2v) is 5.99. The van der Waals surface area contributed by atoms with Gasteiger partial charge in [0.2, 0.25) is 0 Å². The van der Waals surface area contributed by atoms with E-state index in [1.54, 1.807) is 7.11 Å². The van der Waals surface area contributed by atoms with Crippen LogP contribution < -0.4 is 10.1 Å². The van der Waals surface area contributed by atoms with E-state index in [0.29, 0.717) is 6.10 Å². The molecule has 0 saturated heterocycles. The lowest BCUT2D eigenvalue weighted by atomic mass is 9.85. The molecule has 1 aliphatic rings. The highest BCUT2D eigenvalue weighted by Crippen LogP contribution is 2.29. The van der Waals surface area contributed by atoms with Crippen LogP contribution in [0, 0.1) is 5.92 Å². The summed E-state index contributed by atoms with van der Waals surface area (Å²) in [4.78, 5) is 0. The Kier molecular flexibility index (Phi) is 7.04. The van der Waals surface area contributed by atoms with Crippen molar-refractivity contribution >= 4 is 0 Å². The maximum Gasteiger partial charge on any atom is 0.119 e. The Balaban J connectivity index is 1.76. The number of ether oxygens (including phenoxy) is 2. The quantitative estimate of drug-likeness (QED) is 0.740. The van der Waals surface area contributed by atoms with Gasteiger partial charge in [0.25, 0.3) is 0 Å². The molecule has 1 fully saturated rings. The summed E-state index contributed by atoms with van der Waals surface area (Å²) in [5, 5.41) is 3.35. The second kappa shape index (κ2) is 9.06. The second-order valence-electron chi connectivity index (χ2n) is 5.99. The third-order valence-electron chi connectivity index (χ3n) is 4.35. The number of rotatable bonds is 8. The molecule has 0 aromatic heterocycles. The summed E-state index contributed by atoms with van der Waals surface area (Å²) in [5.41, 5.74) is 1.29. The Morgan fingerprint density at radius 1 is 1.19 bits per heavy atom. The fourth-order valence-corrected chi connectivity index (χ4v) is 3.00. The molecule has 2 atom stereocenters. The highest BCUT2D eigenvalue weighted by molar-refractivity contribution is 5.27. The van der Waals surface area contributed by atoms with Crippen LogP contribution in [0.25, 0.3) is 0 Å². The van der Waals surface area contributed by atoms with Crippen LogP contribution in [-0.2, 0) is 11.3 Å². The zero-order chi connectivity index (χ0) is 14.9. The van der Waals surface area contributed by atoms with Crippen molar-refractivity contribution in [3.05, 3.63) is 29.8 Å². The van der Waals surface area contributed by atoms with Crippen LogP contribution in [0.1, 0.15) is 44.6 Å². The molecule has 1 aliphatic carbocycles. The van der Waals surface area contributed by atoms with Gasteiger partial charge in [-0.05, 0) is 42.9 Å². The van der Waals surface area contributed by atoms with Gasteiger partial charge in [0, 0.05) is 20.2 Å². The van der Waals surface area contributed by atoms with Gasteiger partial charge in [0.1, 0.15) is 5.75 Å². The first-order chi connectivity index (χ1) is 10.3. The minimum atomic E-state index is 0.411. The summed E-state index contributed by atoms with van der Waals surface area (Å²) in [6.45, 7) is 4.81. The lowest BCUT2D eigenvalue weighted by Gasteiger charge is -2.29. The molecule has 3 nitrogen and oxygen atoms in total. The van der Waals surface area contributed by atoms with Crippen molar-refractivity contribution in [1.29, 1.82) is 0 Å². The van der Waals surface area contributed by atoms with E-state index in [-0.39, 0.29) is 0 Å². The number of hydrogen-bond donors (Lipinski definition) is 1. The molecule has 0 bridgehead atoms. The average Bonchev–Trinajstić information content (AvgIpc) is 2.53. The first-order valence-electron chi connectivity index (χ1n) is 8.27. The van der Waals surface area contributed by atoms with Gasteiger partial charge in [-0.15, -0.1) is 0 Å². The van der Waals surface area contributed by atoms with Crippen LogP contribution >= 0.6 is 0 Å². The third kappa shape index (κ3) is 5.68. The number of methoxy groups -OCH3 is 1. The summed E-state index contributed by atoms with van der Waals surface area (Å²) in [7, 11) is 1.72. The maximum atomic E-state index is 6.14. The largest absolute Gasteiger partial charge is 0.490 e. The Bertz CT molecular complexity index is 391. The van der Waals surface area contributed by atoms with E-state index in [4.69, 9.17) is 9.47 Å². The molecular weight excluding hydrogens is 262 g/mol. The van der Waals surface area contributed by atoms with Gasteiger partial charge in [0.05, 0.1) is 12.7 Å². The highest BCUT2D eigenvalue weighted by atomic mass is 16.5. The van der Waals surface area contributed by atoms with Crippen molar-refractivity contribution in [2.24, 2.45) is 5.92 Å². The third-order valence-corrected chi connectivity index (χ3v) is 4.35. The molecule has 2 unspecified atom stereocenters. The fourth-order valence-electron chi connectivity index (χ4n) is 3.00. The predicted octanol–water partition coefficient (Wildman–Crippen LogP) is 3.77. The average molecular weight is 291 g/mol. The van der Waals surface area contributed by atoms with E-state index >= 15 is 0 Å². The van der Waals surface area contributed by atoms with Crippen LogP contribution in [0.5, 0.6) is 5.75 Å². The van der Waals surface area contributed by atoms with Crippen LogP contribution in [0.15, 0.2) is 24.3 Å². The van der Waals surface area contributed by atoms with Crippen LogP contribution in [-0.4, -0.2) is 26.4 Å². The Labute approximate surface area is 129 Å². The summed E-state index contributed by atoms with van der Waals surface area (Å²) < 4.78 is 11.2. The van der Waals surface area contributed by atoms with Gasteiger partial charge in [-0.25, -0.2) is 0 Å². The highest BCUT2D eigenvalue weighted by Gasteiger charge is 2.21. The molecule has 1 N–H and O–H groups in total. The van der Waals surface area contributed by atoms with E-state index in [2.05, 4.69) is 36.5 Å². The smallest absolute Gasteiger partial charge is 0.119 e. The molecule has 118 valence electrons. The monoisotopic (exact) mass is 291 g/mol. The lowest BCUT2D eigenvalue weighted by molar-refractivity contribution is 0.122. The van der Waals surface area contributed by atoms with Gasteiger partial charge in [-0.3, -0.25) is 0 Å². The van der Waals surface area contributed by atoms with Gasteiger partial charge >= 0.3 is 0 Å². The van der Waals surface area contributed by atoms with Gasteiger partial charge in [-0.1, -0.05) is 31.9 Å². The molecule has 0 heterocycles. The van der Waals surface area contributed by atoms with E-state index in [1.165, 1.54) is 37.7 Å². The summed E-state index contributed by atoms with van der Waals surface area (Å²) in [5.74, 6) is 1.87. The van der Waals surface area contributed by atoms with Crippen LogP contribution in [0.2, 0.25) is 0 Å². The normalized spacial score (nSPS) is 22.2. The maximum absolute atomic E-state index is 6.14. The van der Waals surface area contributed by atoms with Crippen molar-refractivity contribution < 1.29 is 9.47 Å². The molecule has 1 aromatic carbocycles. The van der Waals surface area contributed by atoms with Crippen molar-refractivity contribution in [3.8, 4) is 5.75 Å². The van der Waals surface area contributed by atoms with Crippen molar-refractivity contribution in [1.82, 2.24) is 5.32 Å². The molecule has 0 amide bonds. The zero-order valence-corrected chi connectivity index (χ0v) is 13.4. The van der Waals surface area contributed by atoms with Crippen LogP contribution in [0.4, 0.5) is 0 Å². The minimum absolute atomic E-state index is 0.411. The molecule has 0 spiro atoms. The molecule has 1 saturated carbocycles. The summed E-state index contributed by atoms with van der Waals surface area (Å²) in [6.07, 6.45) is 6.81. The molecule has 3 heteroatoms. The Morgan fingerprint density at radius 2 is 2.00 bits per heavy atom.